The third kappa shape index (κ3) is 3.60. The summed E-state index contributed by atoms with van der Waals surface area (Å²) in [6, 6.07) is 15.6. The van der Waals surface area contributed by atoms with E-state index in [1.165, 1.54) is 0 Å². The molecule has 0 bridgehead atoms. The Bertz CT molecular complexity index is 672. The van der Waals surface area contributed by atoms with Crippen LogP contribution in [0.1, 0.15) is 23.5 Å². The van der Waals surface area contributed by atoms with E-state index in [4.69, 9.17) is 16.3 Å². The molecule has 114 valence electrons. The Labute approximate surface area is 135 Å². The molecule has 1 atom stereocenters. The van der Waals surface area contributed by atoms with E-state index in [2.05, 4.69) is 5.32 Å². The van der Waals surface area contributed by atoms with Crippen LogP contribution in [0.5, 0.6) is 5.75 Å². The maximum Gasteiger partial charge on any atom is 0.220 e. The standard InChI is InChI=1S/C18H18ClNO2/c19-15-5-3-4-13(10-15)8-9-20-18(21)11-14-12-22-17-7-2-1-6-16(14)17/h1-7,10,14H,8-9,11-12H2,(H,20,21). The summed E-state index contributed by atoms with van der Waals surface area (Å²) >= 11 is 5.95. The minimum atomic E-state index is 0.0623. The number of rotatable bonds is 5. The molecule has 1 N–H and O–H groups in total. The Morgan fingerprint density at radius 2 is 2.09 bits per heavy atom. The molecule has 1 unspecified atom stereocenters. The quantitative estimate of drug-likeness (QED) is 0.916. The Kier molecular flexibility index (Phi) is 4.64. The van der Waals surface area contributed by atoms with Crippen LogP contribution < -0.4 is 10.1 Å². The summed E-state index contributed by atoms with van der Waals surface area (Å²) in [7, 11) is 0. The lowest BCUT2D eigenvalue weighted by Gasteiger charge is -2.10. The van der Waals surface area contributed by atoms with Gasteiger partial charge in [0.05, 0.1) is 6.61 Å². The molecule has 0 radical (unpaired) electrons. The van der Waals surface area contributed by atoms with E-state index < -0.39 is 0 Å². The van der Waals surface area contributed by atoms with Crippen LogP contribution in [0.25, 0.3) is 0 Å². The van der Waals surface area contributed by atoms with Gasteiger partial charge in [-0.25, -0.2) is 0 Å². The first-order valence-corrected chi connectivity index (χ1v) is 7.83. The van der Waals surface area contributed by atoms with Crippen molar-refractivity contribution >= 4 is 17.5 Å². The molecule has 3 rings (SSSR count). The van der Waals surface area contributed by atoms with Gasteiger partial charge in [-0.1, -0.05) is 41.9 Å². The van der Waals surface area contributed by atoms with Gasteiger partial charge >= 0.3 is 0 Å². The van der Waals surface area contributed by atoms with Gasteiger partial charge in [-0.15, -0.1) is 0 Å². The zero-order chi connectivity index (χ0) is 15.4. The number of ether oxygens (including phenoxy) is 1. The van der Waals surface area contributed by atoms with Crippen LogP contribution in [0, 0.1) is 0 Å². The SMILES string of the molecule is O=C(CC1COc2ccccc21)NCCc1cccc(Cl)c1. The number of fused-ring (bicyclic) bond motifs is 1. The Morgan fingerprint density at radius 3 is 2.95 bits per heavy atom. The topological polar surface area (TPSA) is 38.3 Å². The highest BCUT2D eigenvalue weighted by molar-refractivity contribution is 6.30. The number of para-hydroxylation sites is 1. The summed E-state index contributed by atoms with van der Waals surface area (Å²) in [6.07, 6.45) is 1.25. The van der Waals surface area contributed by atoms with Gasteiger partial charge in [0.1, 0.15) is 5.75 Å². The lowest BCUT2D eigenvalue weighted by molar-refractivity contribution is -0.121. The molecule has 3 nitrogen and oxygen atoms in total. The second kappa shape index (κ2) is 6.84. The van der Waals surface area contributed by atoms with Crippen molar-refractivity contribution in [3.63, 3.8) is 0 Å². The highest BCUT2D eigenvalue weighted by atomic mass is 35.5. The first-order valence-electron chi connectivity index (χ1n) is 7.45. The van der Waals surface area contributed by atoms with Crippen LogP contribution in [0.2, 0.25) is 5.02 Å². The van der Waals surface area contributed by atoms with Gasteiger partial charge in [0.15, 0.2) is 0 Å². The maximum atomic E-state index is 12.1. The van der Waals surface area contributed by atoms with Crippen LogP contribution in [-0.2, 0) is 11.2 Å². The highest BCUT2D eigenvalue weighted by Gasteiger charge is 2.25. The number of halogens is 1. The molecule has 0 saturated carbocycles. The lowest BCUT2D eigenvalue weighted by atomic mass is 9.97. The fraction of sp³-hybridized carbons (Fsp3) is 0.278. The average molecular weight is 316 g/mol. The van der Waals surface area contributed by atoms with E-state index in [1.54, 1.807) is 0 Å². The largest absolute Gasteiger partial charge is 0.493 e. The van der Waals surface area contributed by atoms with Crippen LogP contribution in [0.3, 0.4) is 0 Å². The number of amides is 1. The summed E-state index contributed by atoms with van der Waals surface area (Å²) in [5, 5.41) is 3.70. The minimum absolute atomic E-state index is 0.0623. The first kappa shape index (κ1) is 14.9. The molecule has 0 fully saturated rings. The second-order valence-corrected chi connectivity index (χ2v) is 5.92. The van der Waals surface area contributed by atoms with Crippen LogP contribution >= 0.6 is 11.6 Å². The molecule has 0 saturated heterocycles. The molecule has 1 aliphatic heterocycles. The minimum Gasteiger partial charge on any atom is -0.493 e. The smallest absolute Gasteiger partial charge is 0.220 e. The van der Waals surface area contributed by atoms with Crippen LogP contribution in [0.4, 0.5) is 0 Å². The van der Waals surface area contributed by atoms with Gasteiger partial charge in [-0.2, -0.15) is 0 Å². The van der Waals surface area contributed by atoms with Gasteiger partial charge < -0.3 is 10.1 Å². The third-order valence-corrected chi connectivity index (χ3v) is 4.09. The van der Waals surface area contributed by atoms with Crippen molar-refractivity contribution in [2.75, 3.05) is 13.2 Å². The zero-order valence-corrected chi connectivity index (χ0v) is 13.0. The van der Waals surface area contributed by atoms with Gasteiger partial charge in [-0.05, 0) is 30.2 Å². The Balaban J connectivity index is 1.47. The van der Waals surface area contributed by atoms with E-state index in [-0.39, 0.29) is 11.8 Å². The molecule has 0 aromatic heterocycles. The van der Waals surface area contributed by atoms with Crippen molar-refractivity contribution in [2.24, 2.45) is 0 Å². The van der Waals surface area contributed by atoms with E-state index in [1.807, 2.05) is 48.5 Å². The maximum absolute atomic E-state index is 12.1. The fourth-order valence-corrected chi connectivity index (χ4v) is 2.95. The first-order chi connectivity index (χ1) is 10.7. The zero-order valence-electron chi connectivity index (χ0n) is 12.2. The number of carbonyl (C=O) groups is 1. The van der Waals surface area contributed by atoms with E-state index in [9.17, 15) is 4.79 Å². The van der Waals surface area contributed by atoms with Crippen molar-refractivity contribution < 1.29 is 9.53 Å². The molecule has 0 aliphatic carbocycles. The van der Waals surface area contributed by atoms with Crippen molar-refractivity contribution in [3.05, 3.63) is 64.7 Å². The summed E-state index contributed by atoms with van der Waals surface area (Å²) in [5.74, 6) is 1.12. The van der Waals surface area contributed by atoms with E-state index in [0.29, 0.717) is 19.6 Å². The van der Waals surface area contributed by atoms with Crippen molar-refractivity contribution in [3.8, 4) is 5.75 Å². The molecule has 1 amide bonds. The van der Waals surface area contributed by atoms with Crippen LogP contribution in [-0.4, -0.2) is 19.1 Å². The van der Waals surface area contributed by atoms with Gasteiger partial charge in [0, 0.05) is 29.5 Å². The van der Waals surface area contributed by atoms with Crippen molar-refractivity contribution in [2.45, 2.75) is 18.8 Å². The molecule has 2 aromatic rings. The molecule has 1 aliphatic rings. The highest BCUT2D eigenvalue weighted by Crippen LogP contribution is 2.35. The van der Waals surface area contributed by atoms with E-state index in [0.717, 1.165) is 28.3 Å². The summed E-state index contributed by atoms with van der Waals surface area (Å²) < 4.78 is 5.60. The second-order valence-electron chi connectivity index (χ2n) is 5.48. The fourth-order valence-electron chi connectivity index (χ4n) is 2.73. The number of carbonyl (C=O) groups excluding carboxylic acids is 1. The average Bonchev–Trinajstić information content (AvgIpc) is 2.91. The number of hydrogen-bond acceptors (Lipinski definition) is 2. The van der Waals surface area contributed by atoms with Gasteiger partial charge in [0.2, 0.25) is 5.91 Å². The molecule has 4 heteroatoms. The van der Waals surface area contributed by atoms with Gasteiger partial charge in [-0.3, -0.25) is 4.79 Å². The lowest BCUT2D eigenvalue weighted by Crippen LogP contribution is -2.27. The van der Waals surface area contributed by atoms with Gasteiger partial charge in [0.25, 0.3) is 0 Å². The summed E-state index contributed by atoms with van der Waals surface area (Å²) in [4.78, 5) is 12.1. The molecule has 0 spiro atoms. The molecule has 2 aromatic carbocycles. The summed E-state index contributed by atoms with van der Waals surface area (Å²) in [5.41, 5.74) is 2.26. The molecule has 1 heterocycles. The number of hydrogen-bond donors (Lipinski definition) is 1. The third-order valence-electron chi connectivity index (χ3n) is 3.86. The normalized spacial score (nSPS) is 16.0. The number of nitrogens with one attached hydrogen (secondary N) is 1. The van der Waals surface area contributed by atoms with Crippen LogP contribution in [0.15, 0.2) is 48.5 Å². The van der Waals surface area contributed by atoms with E-state index >= 15 is 0 Å². The van der Waals surface area contributed by atoms with Crippen molar-refractivity contribution in [1.82, 2.24) is 5.32 Å². The monoisotopic (exact) mass is 315 g/mol. The summed E-state index contributed by atoms with van der Waals surface area (Å²) in [6.45, 7) is 1.20. The Morgan fingerprint density at radius 1 is 1.23 bits per heavy atom. The van der Waals surface area contributed by atoms with Crippen molar-refractivity contribution in [1.29, 1.82) is 0 Å². The predicted octanol–water partition coefficient (Wildman–Crippen LogP) is 3.57. The number of benzene rings is 2. The molecular weight excluding hydrogens is 298 g/mol. The molecular formula is C18H18ClNO2. The molecule has 22 heavy (non-hydrogen) atoms. The Hall–Kier alpha value is -2.00. The predicted molar refractivity (Wildman–Crippen MR) is 87.5 cm³/mol.